The Morgan fingerprint density at radius 3 is 1.77 bits per heavy atom. The van der Waals surface area contributed by atoms with Crippen molar-refractivity contribution in [2.75, 3.05) is 38.9 Å². The number of hydrogen-bond donors (Lipinski definition) is 1. The number of carbonyl (C=O) groups excluding carboxylic acids is 2. The van der Waals surface area contributed by atoms with E-state index in [2.05, 4.69) is 19.6 Å². The minimum atomic E-state index is -0.876. The molecule has 0 unspecified atom stereocenters. The van der Waals surface area contributed by atoms with E-state index in [9.17, 15) is 34.9 Å². The minimum Gasteiger partial charge on any atom is -0.453 e. The molecule has 8 atom stereocenters. The summed E-state index contributed by atoms with van der Waals surface area (Å²) in [6.07, 6.45) is 1.85. The Morgan fingerprint density at radius 2 is 1.26 bits per heavy atom. The van der Waals surface area contributed by atoms with E-state index in [0.717, 1.165) is 0 Å². The standard InChI is InChI=1S/C13H14N2O7S.C7H6ClNOS.C6H9NO6/c1-23-12-7(3-2-4-14-12)13(16)21-8-5-19-11-9(22-15(17)18)6-20-10(8)11;1-11-7-5(6(8)10)3-2-4-9-7;8-3-1-11-6-4(13-7(9)10)2-12-5(3)6/h2-4,8-11H,5-6H2,1H3;2-4H,1H3;3-6,8H,1-2H2/t8-,9+,10-,11-;;3-,4+,5-,6-/m1.1/s1. The topological polar surface area (TPSA) is 231 Å². The van der Waals surface area contributed by atoms with Crippen LogP contribution < -0.4 is 0 Å². The fourth-order valence-electron chi connectivity index (χ4n) is 4.99. The van der Waals surface area contributed by atoms with Crippen molar-refractivity contribution in [3.63, 3.8) is 0 Å². The molecule has 6 rings (SSSR count). The Balaban J connectivity index is 0.000000176. The monoisotopic (exact) mass is 720 g/mol. The number of aliphatic hydroxyl groups is 1. The van der Waals surface area contributed by atoms with Crippen LogP contribution in [0.5, 0.6) is 0 Å². The summed E-state index contributed by atoms with van der Waals surface area (Å²) in [6.45, 7) is 0.362. The number of aromatic nitrogens is 2. The van der Waals surface area contributed by atoms with Gasteiger partial charge in [-0.2, -0.15) is 0 Å². The molecule has 0 spiro atoms. The lowest BCUT2D eigenvalue weighted by molar-refractivity contribution is -0.769. The summed E-state index contributed by atoms with van der Waals surface area (Å²) in [5.74, 6) is -0.529. The lowest BCUT2D eigenvalue weighted by atomic mass is 10.1. The third kappa shape index (κ3) is 9.38. The molecular formula is C26H29ClN4O14S2. The smallest absolute Gasteiger partial charge is 0.341 e. The molecule has 4 aliphatic rings. The van der Waals surface area contributed by atoms with E-state index >= 15 is 0 Å². The van der Waals surface area contributed by atoms with Crippen LogP contribution in [0.2, 0.25) is 0 Å². The third-order valence-electron chi connectivity index (χ3n) is 7.01. The van der Waals surface area contributed by atoms with Gasteiger partial charge in [0.2, 0.25) is 0 Å². The summed E-state index contributed by atoms with van der Waals surface area (Å²) in [5, 5.41) is 28.8. The van der Waals surface area contributed by atoms with Crippen molar-refractivity contribution in [2.24, 2.45) is 0 Å². The maximum absolute atomic E-state index is 12.3. The summed E-state index contributed by atoms with van der Waals surface area (Å²) in [5.41, 5.74) is 0.834. The second-order valence-corrected chi connectivity index (χ2v) is 11.8. The van der Waals surface area contributed by atoms with E-state index in [0.29, 0.717) is 21.2 Å². The predicted molar refractivity (Wildman–Crippen MR) is 160 cm³/mol. The van der Waals surface area contributed by atoms with Gasteiger partial charge in [-0.05, 0) is 48.4 Å². The van der Waals surface area contributed by atoms with Crippen molar-refractivity contribution in [1.29, 1.82) is 0 Å². The van der Waals surface area contributed by atoms with Gasteiger partial charge in [-0.25, -0.2) is 14.8 Å². The normalized spacial score (nSPS) is 28.4. The SMILES string of the molecule is CSc1ncccc1C(=O)Cl.CSc1ncccc1C(=O)O[C@@H]1CO[C@H]2[C@@H]1OC[C@@H]2O[N+](=O)[O-].O=[N+]([O-])O[C@H]1CO[C@H]2[C@@H]1OC[C@H]2O. The maximum Gasteiger partial charge on any atom is 0.341 e. The quantitative estimate of drug-likeness (QED) is 0.127. The molecule has 0 aromatic carbocycles. The van der Waals surface area contributed by atoms with Gasteiger partial charge in [-0.1, -0.05) is 0 Å². The van der Waals surface area contributed by atoms with Crippen LogP contribution in [-0.4, -0.2) is 124 Å². The summed E-state index contributed by atoms with van der Waals surface area (Å²) >= 11 is 8.04. The molecule has 256 valence electrons. The third-order valence-corrected chi connectivity index (χ3v) is 8.63. The molecule has 0 radical (unpaired) electrons. The fraction of sp³-hybridized carbons (Fsp3) is 0.538. The van der Waals surface area contributed by atoms with Crippen LogP contribution >= 0.6 is 35.1 Å². The maximum atomic E-state index is 12.3. The number of pyridine rings is 2. The zero-order valence-electron chi connectivity index (χ0n) is 24.6. The van der Waals surface area contributed by atoms with Crippen LogP contribution in [0.4, 0.5) is 0 Å². The molecule has 4 saturated heterocycles. The van der Waals surface area contributed by atoms with Gasteiger partial charge in [-0.3, -0.25) is 4.79 Å². The highest BCUT2D eigenvalue weighted by atomic mass is 35.5. The first-order chi connectivity index (χ1) is 22.5. The Hall–Kier alpha value is -3.37. The highest BCUT2D eigenvalue weighted by Crippen LogP contribution is 2.32. The van der Waals surface area contributed by atoms with E-state index in [1.54, 1.807) is 36.7 Å². The molecule has 0 aliphatic carbocycles. The number of ether oxygens (including phenoxy) is 5. The lowest BCUT2D eigenvalue weighted by Gasteiger charge is -2.17. The summed E-state index contributed by atoms with van der Waals surface area (Å²) in [4.78, 5) is 60.4. The molecule has 4 aliphatic heterocycles. The van der Waals surface area contributed by atoms with Crippen LogP contribution in [0.3, 0.4) is 0 Å². The summed E-state index contributed by atoms with van der Waals surface area (Å²) in [7, 11) is 0. The van der Waals surface area contributed by atoms with E-state index in [4.69, 9.17) is 35.3 Å². The number of rotatable bonds is 9. The van der Waals surface area contributed by atoms with Gasteiger partial charge in [0.05, 0.1) is 37.6 Å². The zero-order chi connectivity index (χ0) is 34.1. The average molecular weight is 721 g/mol. The molecule has 1 N–H and O–H groups in total. The van der Waals surface area contributed by atoms with Crippen molar-refractivity contribution in [1.82, 2.24) is 9.97 Å². The Bertz CT molecular complexity index is 1430. The van der Waals surface area contributed by atoms with Crippen LogP contribution in [0.15, 0.2) is 46.7 Å². The number of hydrogen-bond acceptors (Lipinski definition) is 18. The van der Waals surface area contributed by atoms with Gasteiger partial charge >= 0.3 is 5.97 Å². The first-order valence-electron chi connectivity index (χ1n) is 13.7. The van der Waals surface area contributed by atoms with Gasteiger partial charge in [0.1, 0.15) is 40.6 Å². The molecule has 21 heteroatoms. The number of aliphatic hydroxyl groups excluding tert-OH is 1. The summed E-state index contributed by atoms with van der Waals surface area (Å²) in [6, 6.07) is 6.63. The average Bonchev–Trinajstić information content (AvgIpc) is 3.83. The minimum absolute atomic E-state index is 0.0211. The first kappa shape index (κ1) is 36.5. The molecule has 2 aromatic rings. The van der Waals surface area contributed by atoms with E-state index in [1.807, 2.05) is 12.5 Å². The largest absolute Gasteiger partial charge is 0.453 e. The van der Waals surface area contributed by atoms with Gasteiger partial charge in [0, 0.05) is 12.4 Å². The lowest BCUT2D eigenvalue weighted by Crippen LogP contribution is -2.35. The number of thioether (sulfide) groups is 2. The van der Waals surface area contributed by atoms with Crippen LogP contribution in [-0.2, 0) is 33.4 Å². The molecule has 6 heterocycles. The molecular weight excluding hydrogens is 692 g/mol. The fourth-order valence-corrected chi connectivity index (χ4v) is 6.28. The molecule has 0 amide bonds. The van der Waals surface area contributed by atoms with Gasteiger partial charge in [-0.15, -0.1) is 43.8 Å². The molecule has 4 fully saturated rings. The summed E-state index contributed by atoms with van der Waals surface area (Å²) < 4.78 is 26.5. The highest BCUT2D eigenvalue weighted by Gasteiger charge is 2.51. The Morgan fingerprint density at radius 1 is 0.809 bits per heavy atom. The second kappa shape index (κ2) is 17.2. The zero-order valence-corrected chi connectivity index (χ0v) is 27.0. The van der Waals surface area contributed by atoms with Crippen molar-refractivity contribution in [3.05, 3.63) is 68.0 Å². The predicted octanol–water partition coefficient (Wildman–Crippen LogP) is 1.61. The van der Waals surface area contributed by atoms with Gasteiger partial charge in [0.25, 0.3) is 15.4 Å². The van der Waals surface area contributed by atoms with E-state index in [1.165, 1.54) is 23.5 Å². The van der Waals surface area contributed by atoms with Gasteiger partial charge in [0.15, 0.2) is 18.3 Å². The molecule has 18 nitrogen and oxygen atoms in total. The number of carbonyl (C=O) groups is 2. The number of nitrogens with zero attached hydrogens (tertiary/aromatic N) is 4. The van der Waals surface area contributed by atoms with Crippen LogP contribution in [0, 0.1) is 20.2 Å². The van der Waals surface area contributed by atoms with Crippen LogP contribution in [0.1, 0.15) is 20.7 Å². The number of fused-ring (bicyclic) bond motifs is 2. The second-order valence-electron chi connectivity index (χ2n) is 9.83. The molecule has 47 heavy (non-hydrogen) atoms. The first-order valence-corrected chi connectivity index (χ1v) is 16.5. The number of halogens is 1. The van der Waals surface area contributed by atoms with Crippen molar-refractivity contribution in [3.8, 4) is 0 Å². The molecule has 2 aromatic heterocycles. The Labute approximate surface area is 279 Å². The van der Waals surface area contributed by atoms with E-state index < -0.39 is 70.2 Å². The van der Waals surface area contributed by atoms with Crippen molar-refractivity contribution in [2.45, 2.75) is 58.9 Å². The van der Waals surface area contributed by atoms with Crippen LogP contribution in [0.25, 0.3) is 0 Å². The Kier molecular flexibility index (Phi) is 13.3. The number of esters is 1. The van der Waals surface area contributed by atoms with Gasteiger partial charge < -0.3 is 38.5 Å². The van der Waals surface area contributed by atoms with E-state index in [-0.39, 0.29) is 26.4 Å². The molecule has 0 bridgehead atoms. The molecule has 0 saturated carbocycles. The van der Waals surface area contributed by atoms with Crippen molar-refractivity contribution < 1.29 is 58.2 Å². The highest BCUT2D eigenvalue weighted by molar-refractivity contribution is 7.98. The van der Waals surface area contributed by atoms with Crippen molar-refractivity contribution >= 4 is 46.3 Å².